The second kappa shape index (κ2) is 12.3. The van der Waals surface area contributed by atoms with Crippen LogP contribution in [0.25, 0.3) is 0 Å². The molecule has 0 aromatic rings. The number of ether oxygens (including phenoxy) is 1. The third kappa shape index (κ3) is 7.41. The molecule has 1 heterocycles. The van der Waals surface area contributed by atoms with Crippen LogP contribution in [-0.2, 0) is 4.74 Å². The summed E-state index contributed by atoms with van der Waals surface area (Å²) in [6, 6.07) is 0.971. The molecular formula is C17H35IN4O2. The standard InChI is InChI=1S/C17H34N4O2.HI/c1-3-18-17(20-14-6-8-16(22)9-7-14)19-13-15-5-4-10-21(15)11-12-23-2;/h14-16,22H,3-13H2,1-2H3,(H2,18,19,20);1H. The van der Waals surface area contributed by atoms with E-state index >= 15 is 0 Å². The van der Waals surface area contributed by atoms with Crippen LogP contribution < -0.4 is 10.6 Å². The van der Waals surface area contributed by atoms with Crippen molar-refractivity contribution in [2.24, 2.45) is 4.99 Å². The number of rotatable bonds is 7. The molecule has 1 aliphatic heterocycles. The Morgan fingerprint density at radius 2 is 2.00 bits per heavy atom. The Hall–Kier alpha value is -0.120. The van der Waals surface area contributed by atoms with E-state index in [1.165, 1.54) is 12.8 Å². The predicted molar refractivity (Wildman–Crippen MR) is 109 cm³/mol. The van der Waals surface area contributed by atoms with Crippen LogP contribution in [0.3, 0.4) is 0 Å². The number of nitrogens with zero attached hydrogens (tertiary/aromatic N) is 2. The Bertz CT molecular complexity index is 362. The van der Waals surface area contributed by atoms with E-state index in [2.05, 4.69) is 22.5 Å². The zero-order valence-corrected chi connectivity index (χ0v) is 17.5. The van der Waals surface area contributed by atoms with Crippen molar-refractivity contribution in [1.82, 2.24) is 15.5 Å². The van der Waals surface area contributed by atoms with E-state index in [-0.39, 0.29) is 30.1 Å². The Labute approximate surface area is 163 Å². The summed E-state index contributed by atoms with van der Waals surface area (Å²) in [4.78, 5) is 7.31. The molecule has 0 amide bonds. The fraction of sp³-hybridized carbons (Fsp3) is 0.941. The second-order valence-electron chi connectivity index (χ2n) is 6.69. The molecule has 24 heavy (non-hydrogen) atoms. The van der Waals surface area contributed by atoms with Gasteiger partial charge in [0.1, 0.15) is 0 Å². The minimum absolute atomic E-state index is 0. The number of hydrogen-bond donors (Lipinski definition) is 3. The van der Waals surface area contributed by atoms with Gasteiger partial charge >= 0.3 is 0 Å². The third-order valence-electron chi connectivity index (χ3n) is 4.92. The summed E-state index contributed by atoms with van der Waals surface area (Å²) in [6.07, 6.45) is 6.20. The van der Waals surface area contributed by atoms with E-state index in [9.17, 15) is 5.11 Å². The molecule has 7 heteroatoms. The molecule has 2 rings (SSSR count). The van der Waals surface area contributed by atoms with Crippen molar-refractivity contribution in [3.8, 4) is 0 Å². The summed E-state index contributed by atoms with van der Waals surface area (Å²) < 4.78 is 5.20. The number of aliphatic hydroxyl groups excluding tert-OH is 1. The quantitative estimate of drug-likeness (QED) is 0.310. The number of guanidine groups is 1. The summed E-state index contributed by atoms with van der Waals surface area (Å²) in [5.74, 6) is 0.924. The zero-order valence-electron chi connectivity index (χ0n) is 15.2. The molecule has 2 fully saturated rings. The van der Waals surface area contributed by atoms with Gasteiger partial charge in [-0.2, -0.15) is 0 Å². The summed E-state index contributed by atoms with van der Waals surface area (Å²) in [5.41, 5.74) is 0. The molecule has 1 saturated heterocycles. The van der Waals surface area contributed by atoms with Gasteiger partial charge in [0.05, 0.1) is 19.3 Å². The van der Waals surface area contributed by atoms with Gasteiger partial charge in [-0.15, -0.1) is 24.0 Å². The number of aliphatic hydroxyl groups is 1. The van der Waals surface area contributed by atoms with Crippen molar-refractivity contribution >= 4 is 29.9 Å². The summed E-state index contributed by atoms with van der Waals surface area (Å²) >= 11 is 0. The lowest BCUT2D eigenvalue weighted by Crippen LogP contribution is -2.46. The van der Waals surface area contributed by atoms with Gasteiger partial charge in [-0.1, -0.05) is 0 Å². The fourth-order valence-electron chi connectivity index (χ4n) is 3.54. The van der Waals surface area contributed by atoms with Gasteiger partial charge in [0.2, 0.25) is 0 Å². The van der Waals surface area contributed by atoms with Gasteiger partial charge in [0, 0.05) is 32.3 Å². The second-order valence-corrected chi connectivity index (χ2v) is 6.69. The fourth-order valence-corrected chi connectivity index (χ4v) is 3.54. The number of likely N-dealkylation sites (tertiary alicyclic amines) is 1. The Kier molecular flexibility index (Phi) is 11.2. The van der Waals surface area contributed by atoms with Crippen molar-refractivity contribution in [1.29, 1.82) is 0 Å². The van der Waals surface area contributed by atoms with Crippen LogP contribution >= 0.6 is 24.0 Å². The highest BCUT2D eigenvalue weighted by Crippen LogP contribution is 2.19. The van der Waals surface area contributed by atoms with E-state index in [0.717, 1.165) is 64.4 Å². The Morgan fingerprint density at radius 3 is 2.67 bits per heavy atom. The molecule has 1 unspecified atom stereocenters. The molecule has 0 aromatic carbocycles. The van der Waals surface area contributed by atoms with Gasteiger partial charge in [-0.25, -0.2) is 0 Å². The molecule has 1 atom stereocenters. The van der Waals surface area contributed by atoms with Crippen molar-refractivity contribution in [2.45, 2.75) is 63.6 Å². The highest BCUT2D eigenvalue weighted by molar-refractivity contribution is 14.0. The number of halogens is 1. The first-order valence-electron chi connectivity index (χ1n) is 9.18. The molecule has 0 bridgehead atoms. The molecular weight excluding hydrogens is 419 g/mol. The van der Waals surface area contributed by atoms with Crippen LogP contribution in [0.2, 0.25) is 0 Å². The molecule has 0 spiro atoms. The largest absolute Gasteiger partial charge is 0.393 e. The molecule has 142 valence electrons. The van der Waals surface area contributed by atoms with Gasteiger partial charge in [-0.05, 0) is 52.0 Å². The highest BCUT2D eigenvalue weighted by Gasteiger charge is 2.24. The molecule has 1 aliphatic carbocycles. The van der Waals surface area contributed by atoms with Crippen molar-refractivity contribution in [3.63, 3.8) is 0 Å². The maximum atomic E-state index is 9.62. The van der Waals surface area contributed by atoms with E-state index in [1.54, 1.807) is 7.11 Å². The molecule has 6 nitrogen and oxygen atoms in total. The maximum Gasteiger partial charge on any atom is 0.191 e. The molecule has 0 radical (unpaired) electrons. The SMILES string of the molecule is CCNC(=NCC1CCCN1CCOC)NC1CCC(O)CC1.I. The van der Waals surface area contributed by atoms with Crippen LogP contribution in [0, 0.1) is 0 Å². The van der Waals surface area contributed by atoms with Gasteiger partial charge in [-0.3, -0.25) is 9.89 Å². The van der Waals surface area contributed by atoms with Crippen molar-refractivity contribution < 1.29 is 9.84 Å². The van der Waals surface area contributed by atoms with Gasteiger partial charge in [0.15, 0.2) is 5.96 Å². The lowest BCUT2D eigenvalue weighted by atomic mass is 9.93. The number of aliphatic imine (C=N–C) groups is 1. The van der Waals surface area contributed by atoms with Crippen LogP contribution in [0.4, 0.5) is 0 Å². The first-order chi connectivity index (χ1) is 11.2. The average molecular weight is 454 g/mol. The monoisotopic (exact) mass is 454 g/mol. The number of methoxy groups -OCH3 is 1. The predicted octanol–water partition coefficient (Wildman–Crippen LogP) is 1.57. The molecule has 2 aliphatic rings. The third-order valence-corrected chi connectivity index (χ3v) is 4.92. The van der Waals surface area contributed by atoms with Crippen LogP contribution in [-0.4, -0.2) is 74.0 Å². The Morgan fingerprint density at radius 1 is 1.25 bits per heavy atom. The minimum atomic E-state index is -0.111. The molecule has 0 aromatic heterocycles. The smallest absolute Gasteiger partial charge is 0.191 e. The summed E-state index contributed by atoms with van der Waals surface area (Å²) in [5, 5.41) is 16.5. The van der Waals surface area contributed by atoms with E-state index < -0.39 is 0 Å². The highest BCUT2D eigenvalue weighted by atomic mass is 127. The average Bonchev–Trinajstić information content (AvgIpc) is 3.00. The molecule has 1 saturated carbocycles. The Balaban J connectivity index is 0.00000288. The van der Waals surface area contributed by atoms with Crippen LogP contribution in [0.15, 0.2) is 4.99 Å². The lowest BCUT2D eigenvalue weighted by Gasteiger charge is -2.28. The minimum Gasteiger partial charge on any atom is -0.393 e. The van der Waals surface area contributed by atoms with Crippen LogP contribution in [0.1, 0.15) is 45.4 Å². The van der Waals surface area contributed by atoms with E-state index in [0.29, 0.717) is 12.1 Å². The first-order valence-corrected chi connectivity index (χ1v) is 9.18. The van der Waals surface area contributed by atoms with Crippen LogP contribution in [0.5, 0.6) is 0 Å². The van der Waals surface area contributed by atoms with E-state index in [4.69, 9.17) is 9.73 Å². The zero-order chi connectivity index (χ0) is 16.5. The normalized spacial score (nSPS) is 28.5. The first kappa shape index (κ1) is 21.9. The topological polar surface area (TPSA) is 69.1 Å². The lowest BCUT2D eigenvalue weighted by molar-refractivity contribution is 0.120. The van der Waals surface area contributed by atoms with E-state index in [1.807, 2.05) is 0 Å². The van der Waals surface area contributed by atoms with Gasteiger partial charge in [0.25, 0.3) is 0 Å². The number of hydrogen-bond acceptors (Lipinski definition) is 4. The summed E-state index contributed by atoms with van der Waals surface area (Å²) in [6.45, 7) is 6.77. The molecule has 3 N–H and O–H groups in total. The number of nitrogens with one attached hydrogen (secondary N) is 2. The van der Waals surface area contributed by atoms with Crippen molar-refractivity contribution in [2.75, 3.05) is 39.9 Å². The van der Waals surface area contributed by atoms with Gasteiger partial charge < -0.3 is 20.5 Å². The maximum absolute atomic E-state index is 9.62. The van der Waals surface area contributed by atoms with Crippen molar-refractivity contribution in [3.05, 3.63) is 0 Å². The summed E-state index contributed by atoms with van der Waals surface area (Å²) in [7, 11) is 1.76.